The third kappa shape index (κ3) is 4.17. The van der Waals surface area contributed by atoms with Crippen LogP contribution in [-0.4, -0.2) is 25.1 Å². The second-order valence-electron chi connectivity index (χ2n) is 8.76. The topological polar surface area (TPSA) is 35.9 Å². The number of carbonyl (C=O) groups is 1. The third-order valence-electron chi connectivity index (χ3n) is 6.59. The smallest absolute Gasteiger partial charge is 0.186 e. The minimum absolute atomic E-state index is 0.0369. The molecule has 5 rings (SSSR count). The number of hydrazone groups is 1. The molecule has 180 valence electrons. The number of benzene rings is 3. The molecule has 1 unspecified atom stereocenters. The molecule has 2 heterocycles. The fourth-order valence-electron chi connectivity index (χ4n) is 4.81. The summed E-state index contributed by atoms with van der Waals surface area (Å²) in [7, 11) is 0. The van der Waals surface area contributed by atoms with Crippen molar-refractivity contribution >= 4 is 23.4 Å². The highest BCUT2D eigenvalue weighted by Crippen LogP contribution is 2.40. The average molecular weight is 481 g/mol. The minimum Gasteiger partial charge on any atom is -0.367 e. The van der Waals surface area contributed by atoms with E-state index in [1.807, 2.05) is 30.3 Å². The van der Waals surface area contributed by atoms with Crippen molar-refractivity contribution < 1.29 is 22.4 Å². The van der Waals surface area contributed by atoms with Gasteiger partial charge in [0.1, 0.15) is 12.0 Å². The molecule has 3 aromatic rings. The first-order valence-corrected chi connectivity index (χ1v) is 11.6. The van der Waals surface area contributed by atoms with E-state index in [4.69, 9.17) is 0 Å². The van der Waals surface area contributed by atoms with Crippen molar-refractivity contribution in [1.82, 2.24) is 0 Å². The van der Waals surface area contributed by atoms with Gasteiger partial charge in [-0.2, -0.15) is 5.10 Å². The predicted molar refractivity (Wildman–Crippen MR) is 127 cm³/mol. The number of rotatable bonds is 5. The number of piperidine rings is 1. The number of aldehydes is 1. The van der Waals surface area contributed by atoms with Crippen molar-refractivity contribution in [2.45, 2.75) is 31.7 Å². The summed E-state index contributed by atoms with van der Waals surface area (Å²) in [5.74, 6) is -5.66. The van der Waals surface area contributed by atoms with E-state index in [0.717, 1.165) is 12.0 Å². The Labute approximate surface area is 200 Å². The molecule has 4 nitrogen and oxygen atoms in total. The van der Waals surface area contributed by atoms with Crippen LogP contribution in [0.1, 0.15) is 53.2 Å². The standard InChI is InChI=1S/C27H23F4N3O/c28-23-22(24(29)26(31)27(25(23)30)33-13-5-2-6-14-33)20-15-21(18-7-3-1-4-8-18)34(32-20)19-11-9-17(16-35)10-12-19/h1,3-4,7-12,16,21H,2,5-6,13-15H2. The van der Waals surface area contributed by atoms with E-state index in [9.17, 15) is 4.79 Å². The first kappa shape index (κ1) is 23.1. The molecule has 0 saturated carbocycles. The van der Waals surface area contributed by atoms with E-state index in [2.05, 4.69) is 5.10 Å². The zero-order chi connectivity index (χ0) is 24.5. The van der Waals surface area contributed by atoms with Gasteiger partial charge in [0, 0.05) is 25.1 Å². The van der Waals surface area contributed by atoms with Gasteiger partial charge in [-0.1, -0.05) is 30.3 Å². The van der Waals surface area contributed by atoms with E-state index in [0.29, 0.717) is 43.5 Å². The fraction of sp³-hybridized carbons (Fsp3) is 0.259. The normalized spacial score (nSPS) is 18.1. The van der Waals surface area contributed by atoms with E-state index in [1.165, 1.54) is 4.90 Å². The molecule has 0 aromatic heterocycles. The van der Waals surface area contributed by atoms with Gasteiger partial charge in [0.15, 0.2) is 23.3 Å². The van der Waals surface area contributed by atoms with Crippen LogP contribution in [0.2, 0.25) is 0 Å². The lowest BCUT2D eigenvalue weighted by Crippen LogP contribution is -2.32. The number of nitrogens with zero attached hydrogens (tertiary/aromatic N) is 3. The Bertz CT molecular complexity index is 1240. The van der Waals surface area contributed by atoms with Crippen LogP contribution in [-0.2, 0) is 0 Å². The minimum atomic E-state index is -1.44. The molecule has 1 fully saturated rings. The maximum Gasteiger partial charge on any atom is 0.186 e. The first-order valence-electron chi connectivity index (χ1n) is 11.6. The molecule has 1 saturated heterocycles. The summed E-state index contributed by atoms with van der Waals surface area (Å²) in [6.07, 6.45) is 3.05. The van der Waals surface area contributed by atoms with Crippen molar-refractivity contribution in [3.63, 3.8) is 0 Å². The molecule has 1 atom stereocenters. The SMILES string of the molecule is O=Cc1ccc(N2N=C(c3c(F)c(F)c(N4CCCCC4)c(F)c3F)CC2c2ccccc2)cc1. The van der Waals surface area contributed by atoms with Gasteiger partial charge in [-0.25, -0.2) is 17.6 Å². The molecule has 0 N–H and O–H groups in total. The van der Waals surface area contributed by atoms with Crippen molar-refractivity contribution in [3.05, 3.63) is 94.6 Å². The van der Waals surface area contributed by atoms with Gasteiger partial charge in [0.25, 0.3) is 0 Å². The molecule has 0 aliphatic carbocycles. The lowest BCUT2D eigenvalue weighted by atomic mass is 9.96. The van der Waals surface area contributed by atoms with E-state index >= 15 is 17.6 Å². The Morgan fingerprint density at radius 1 is 0.800 bits per heavy atom. The van der Waals surface area contributed by atoms with Crippen LogP contribution in [0.25, 0.3) is 0 Å². The number of carbonyl (C=O) groups excluding carboxylic acids is 1. The van der Waals surface area contributed by atoms with Crippen molar-refractivity contribution in [1.29, 1.82) is 0 Å². The summed E-state index contributed by atoms with van der Waals surface area (Å²) in [6.45, 7) is 0.682. The molecule has 35 heavy (non-hydrogen) atoms. The average Bonchev–Trinajstić information content (AvgIpc) is 3.34. The van der Waals surface area contributed by atoms with Crippen molar-refractivity contribution in [2.75, 3.05) is 23.0 Å². The Balaban J connectivity index is 1.60. The van der Waals surface area contributed by atoms with Gasteiger partial charge in [-0.05, 0) is 49.1 Å². The zero-order valence-electron chi connectivity index (χ0n) is 18.9. The summed E-state index contributed by atoms with van der Waals surface area (Å²) in [6, 6.07) is 15.3. The van der Waals surface area contributed by atoms with Crippen molar-refractivity contribution in [2.24, 2.45) is 5.10 Å². The number of halogens is 4. The maximum atomic E-state index is 15.3. The molecule has 0 radical (unpaired) electrons. The van der Waals surface area contributed by atoms with E-state index in [-0.39, 0.29) is 12.1 Å². The number of hydrogen-bond acceptors (Lipinski definition) is 4. The first-order chi connectivity index (χ1) is 17.0. The van der Waals surface area contributed by atoms with Gasteiger partial charge in [-0.15, -0.1) is 0 Å². The molecule has 2 aliphatic heterocycles. The highest BCUT2D eigenvalue weighted by atomic mass is 19.2. The predicted octanol–water partition coefficient (Wildman–Crippen LogP) is 6.40. The number of hydrogen-bond donors (Lipinski definition) is 0. The fourth-order valence-corrected chi connectivity index (χ4v) is 4.81. The van der Waals surface area contributed by atoms with Crippen LogP contribution >= 0.6 is 0 Å². The maximum absolute atomic E-state index is 15.3. The lowest BCUT2D eigenvalue weighted by molar-refractivity contribution is 0.112. The highest BCUT2D eigenvalue weighted by Gasteiger charge is 2.36. The highest BCUT2D eigenvalue weighted by molar-refractivity contribution is 6.04. The van der Waals surface area contributed by atoms with Crippen LogP contribution in [0.4, 0.5) is 28.9 Å². The monoisotopic (exact) mass is 481 g/mol. The summed E-state index contributed by atoms with van der Waals surface area (Å²) < 4.78 is 60.9. The van der Waals surface area contributed by atoms with E-state index in [1.54, 1.807) is 29.3 Å². The molecule has 0 amide bonds. The van der Waals surface area contributed by atoms with Gasteiger partial charge in [0.05, 0.1) is 23.0 Å². The molecule has 2 aliphatic rings. The Morgan fingerprint density at radius 2 is 1.43 bits per heavy atom. The largest absolute Gasteiger partial charge is 0.367 e. The summed E-state index contributed by atoms with van der Waals surface area (Å²) >= 11 is 0. The lowest BCUT2D eigenvalue weighted by Gasteiger charge is -2.30. The van der Waals surface area contributed by atoms with Crippen LogP contribution in [0.3, 0.4) is 0 Å². The molecule has 8 heteroatoms. The molecule has 3 aromatic carbocycles. The van der Waals surface area contributed by atoms with Gasteiger partial charge in [-0.3, -0.25) is 9.80 Å². The van der Waals surface area contributed by atoms with Gasteiger partial charge in [0.2, 0.25) is 0 Å². The van der Waals surface area contributed by atoms with Crippen molar-refractivity contribution in [3.8, 4) is 0 Å². The van der Waals surface area contributed by atoms with Gasteiger partial charge < -0.3 is 4.90 Å². The number of anilines is 2. The molecular formula is C27H23F4N3O. The van der Waals surface area contributed by atoms with Gasteiger partial charge >= 0.3 is 0 Å². The second-order valence-corrected chi connectivity index (χ2v) is 8.76. The molecule has 0 spiro atoms. The second kappa shape index (κ2) is 9.52. The zero-order valence-corrected chi connectivity index (χ0v) is 18.9. The van der Waals surface area contributed by atoms with Crippen LogP contribution in [0.15, 0.2) is 59.7 Å². The van der Waals surface area contributed by atoms with E-state index < -0.39 is 40.6 Å². The summed E-state index contributed by atoms with van der Waals surface area (Å²) in [4.78, 5) is 12.4. The Kier molecular flexibility index (Phi) is 6.28. The summed E-state index contributed by atoms with van der Waals surface area (Å²) in [5, 5.41) is 5.98. The quantitative estimate of drug-likeness (QED) is 0.240. The van der Waals surface area contributed by atoms with Crippen LogP contribution < -0.4 is 9.91 Å². The van der Waals surface area contributed by atoms with Crippen LogP contribution in [0, 0.1) is 23.3 Å². The van der Waals surface area contributed by atoms with Crippen LogP contribution in [0.5, 0.6) is 0 Å². The summed E-state index contributed by atoms with van der Waals surface area (Å²) in [5.41, 5.74) is 0.333. The third-order valence-corrected chi connectivity index (χ3v) is 6.59. The Hall–Kier alpha value is -3.68. The molecule has 0 bridgehead atoms. The Morgan fingerprint density at radius 3 is 2.03 bits per heavy atom. The molecular weight excluding hydrogens is 458 g/mol.